The van der Waals surface area contributed by atoms with E-state index in [0.717, 1.165) is 5.56 Å². The molecule has 0 N–H and O–H groups in total. The van der Waals surface area contributed by atoms with Crippen LogP contribution in [0.1, 0.15) is 15.9 Å². The lowest BCUT2D eigenvalue weighted by atomic mass is 10.2. The van der Waals surface area contributed by atoms with Crippen molar-refractivity contribution in [2.75, 3.05) is 5.33 Å². The predicted octanol–water partition coefficient (Wildman–Crippen LogP) is 3.24. The number of carbonyl (C=O) groups is 1. The molecule has 1 heterocycles. The number of hydrogen-bond acceptors (Lipinski definition) is 3. The summed E-state index contributed by atoms with van der Waals surface area (Å²) in [5.41, 5.74) is 1.61. The Kier molecular flexibility index (Phi) is 4.47. The van der Waals surface area contributed by atoms with Crippen LogP contribution < -0.4 is 4.74 Å². The third kappa shape index (κ3) is 3.17. The van der Waals surface area contributed by atoms with E-state index in [1.54, 1.807) is 18.5 Å². The Balaban J connectivity index is 2.12. The van der Waals surface area contributed by atoms with Crippen LogP contribution in [-0.2, 0) is 6.61 Å². The molecule has 0 aliphatic rings. The number of hydrogen-bond donors (Lipinski definition) is 0. The van der Waals surface area contributed by atoms with Gasteiger partial charge in [-0.1, -0.05) is 46.3 Å². The van der Waals surface area contributed by atoms with E-state index in [0.29, 0.717) is 17.9 Å². The molecule has 0 unspecified atom stereocenters. The molecule has 0 atom stereocenters. The highest BCUT2D eigenvalue weighted by Gasteiger charge is 2.11. The molecule has 0 aliphatic carbocycles. The zero-order valence-corrected chi connectivity index (χ0v) is 11.3. The molecule has 1 aromatic heterocycles. The number of ether oxygens (including phenoxy) is 1. The maximum Gasteiger partial charge on any atom is 0.177 e. The number of aromatic nitrogens is 1. The van der Waals surface area contributed by atoms with Crippen molar-refractivity contribution in [2.24, 2.45) is 0 Å². The Morgan fingerprint density at radius 1 is 1.22 bits per heavy atom. The topological polar surface area (TPSA) is 39.2 Å². The summed E-state index contributed by atoms with van der Waals surface area (Å²) in [6.07, 6.45) is 3.16. The van der Waals surface area contributed by atoms with Crippen LogP contribution in [0.3, 0.4) is 0 Å². The molecular formula is C14H12BrNO2. The first-order valence-corrected chi connectivity index (χ1v) is 6.63. The average molecular weight is 306 g/mol. The Morgan fingerprint density at radius 2 is 2.00 bits per heavy atom. The molecule has 0 aliphatic heterocycles. The van der Waals surface area contributed by atoms with E-state index in [-0.39, 0.29) is 11.1 Å². The molecule has 1 aromatic carbocycles. The summed E-state index contributed by atoms with van der Waals surface area (Å²) in [4.78, 5) is 15.7. The maximum absolute atomic E-state index is 11.7. The van der Waals surface area contributed by atoms with E-state index in [1.807, 2.05) is 30.3 Å². The van der Waals surface area contributed by atoms with Gasteiger partial charge in [-0.2, -0.15) is 0 Å². The van der Waals surface area contributed by atoms with Crippen LogP contribution >= 0.6 is 15.9 Å². The van der Waals surface area contributed by atoms with Crippen LogP contribution in [-0.4, -0.2) is 16.1 Å². The molecule has 0 bridgehead atoms. The van der Waals surface area contributed by atoms with Gasteiger partial charge in [0.05, 0.1) is 17.1 Å². The fourth-order valence-electron chi connectivity index (χ4n) is 1.53. The molecule has 2 aromatic rings. The number of carbonyl (C=O) groups excluding carboxylic acids is 1. The Bertz CT molecular complexity index is 528. The summed E-state index contributed by atoms with van der Waals surface area (Å²) in [6.45, 7) is 0.426. The van der Waals surface area contributed by atoms with E-state index in [2.05, 4.69) is 20.9 Å². The van der Waals surface area contributed by atoms with Crippen molar-refractivity contribution >= 4 is 21.7 Å². The van der Waals surface area contributed by atoms with Gasteiger partial charge < -0.3 is 4.74 Å². The number of nitrogens with zero attached hydrogens (tertiary/aromatic N) is 1. The standard InChI is InChI=1S/C14H12BrNO2/c15-8-13(17)12-6-7-16-9-14(12)18-10-11-4-2-1-3-5-11/h1-7,9H,8,10H2. The number of alkyl halides is 1. The van der Waals surface area contributed by atoms with Crippen molar-refractivity contribution in [1.82, 2.24) is 4.98 Å². The highest BCUT2D eigenvalue weighted by atomic mass is 79.9. The second-order valence-corrected chi connectivity index (χ2v) is 4.26. The minimum Gasteiger partial charge on any atom is -0.487 e. The molecule has 92 valence electrons. The van der Waals surface area contributed by atoms with Gasteiger partial charge in [0.2, 0.25) is 0 Å². The predicted molar refractivity (Wildman–Crippen MR) is 73.1 cm³/mol. The van der Waals surface area contributed by atoms with Gasteiger partial charge in [0.15, 0.2) is 5.78 Å². The smallest absolute Gasteiger partial charge is 0.177 e. The molecule has 18 heavy (non-hydrogen) atoms. The number of rotatable bonds is 5. The summed E-state index contributed by atoms with van der Waals surface area (Å²) in [7, 11) is 0. The molecule has 0 saturated heterocycles. The summed E-state index contributed by atoms with van der Waals surface area (Å²) in [5.74, 6) is 0.506. The molecule has 0 radical (unpaired) electrons. The SMILES string of the molecule is O=C(CBr)c1ccncc1OCc1ccccc1. The number of Topliss-reactive ketones (excluding diaryl/α,β-unsaturated/α-hetero) is 1. The van der Waals surface area contributed by atoms with Crippen LogP contribution in [0.15, 0.2) is 48.8 Å². The number of pyridine rings is 1. The molecule has 0 spiro atoms. The lowest BCUT2D eigenvalue weighted by Crippen LogP contribution is -2.05. The zero-order chi connectivity index (χ0) is 12.8. The maximum atomic E-state index is 11.7. The second kappa shape index (κ2) is 6.31. The van der Waals surface area contributed by atoms with Crippen molar-refractivity contribution in [2.45, 2.75) is 6.61 Å². The lowest BCUT2D eigenvalue weighted by Gasteiger charge is -2.09. The Hall–Kier alpha value is -1.68. The van der Waals surface area contributed by atoms with Gasteiger partial charge in [0.25, 0.3) is 0 Å². The van der Waals surface area contributed by atoms with E-state index in [4.69, 9.17) is 4.74 Å². The summed E-state index contributed by atoms with van der Waals surface area (Å²) < 4.78 is 5.64. The third-order valence-corrected chi connectivity index (χ3v) is 2.95. The third-order valence-electron chi connectivity index (χ3n) is 2.44. The fourth-order valence-corrected chi connectivity index (χ4v) is 1.83. The van der Waals surface area contributed by atoms with Crippen LogP contribution in [0.4, 0.5) is 0 Å². The van der Waals surface area contributed by atoms with Gasteiger partial charge >= 0.3 is 0 Å². The molecule has 3 nitrogen and oxygen atoms in total. The first-order chi connectivity index (χ1) is 8.81. The molecule has 0 fully saturated rings. The number of benzene rings is 1. The van der Waals surface area contributed by atoms with Crippen LogP contribution in [0.2, 0.25) is 0 Å². The Morgan fingerprint density at radius 3 is 2.72 bits per heavy atom. The van der Waals surface area contributed by atoms with Gasteiger partial charge in [0, 0.05) is 6.20 Å². The highest BCUT2D eigenvalue weighted by molar-refractivity contribution is 9.09. The number of ketones is 1. The lowest BCUT2D eigenvalue weighted by molar-refractivity contribution is 0.101. The Labute approximate surface area is 114 Å². The summed E-state index contributed by atoms with van der Waals surface area (Å²) in [5, 5.41) is 0.276. The van der Waals surface area contributed by atoms with Gasteiger partial charge in [-0.15, -0.1) is 0 Å². The summed E-state index contributed by atoms with van der Waals surface area (Å²) >= 11 is 3.16. The first kappa shape index (κ1) is 12.8. The van der Waals surface area contributed by atoms with Gasteiger partial charge in [-0.25, -0.2) is 0 Å². The molecule has 2 rings (SSSR count). The highest BCUT2D eigenvalue weighted by Crippen LogP contribution is 2.19. The van der Waals surface area contributed by atoms with Crippen molar-refractivity contribution in [3.05, 3.63) is 59.9 Å². The van der Waals surface area contributed by atoms with Crippen molar-refractivity contribution in [1.29, 1.82) is 0 Å². The normalized spacial score (nSPS) is 10.1. The van der Waals surface area contributed by atoms with Crippen LogP contribution in [0.5, 0.6) is 5.75 Å². The van der Waals surface area contributed by atoms with Crippen LogP contribution in [0.25, 0.3) is 0 Å². The average Bonchev–Trinajstić information content (AvgIpc) is 2.45. The first-order valence-electron chi connectivity index (χ1n) is 5.51. The molecule has 4 heteroatoms. The van der Waals surface area contributed by atoms with Gasteiger partial charge in [0.1, 0.15) is 12.4 Å². The monoisotopic (exact) mass is 305 g/mol. The van der Waals surface area contributed by atoms with Crippen LogP contribution in [0, 0.1) is 0 Å². The molecule has 0 amide bonds. The second-order valence-electron chi connectivity index (χ2n) is 3.70. The van der Waals surface area contributed by atoms with Crippen molar-refractivity contribution in [3.8, 4) is 5.75 Å². The van der Waals surface area contributed by atoms with Crippen molar-refractivity contribution < 1.29 is 9.53 Å². The van der Waals surface area contributed by atoms with E-state index in [1.165, 1.54) is 0 Å². The minimum atomic E-state index is -0.0135. The number of halogens is 1. The summed E-state index contributed by atoms with van der Waals surface area (Å²) in [6, 6.07) is 11.5. The van der Waals surface area contributed by atoms with E-state index < -0.39 is 0 Å². The zero-order valence-electron chi connectivity index (χ0n) is 9.67. The van der Waals surface area contributed by atoms with Crippen molar-refractivity contribution in [3.63, 3.8) is 0 Å². The molecule has 0 saturated carbocycles. The largest absolute Gasteiger partial charge is 0.487 e. The van der Waals surface area contributed by atoms with E-state index in [9.17, 15) is 4.79 Å². The molecular weight excluding hydrogens is 294 g/mol. The van der Waals surface area contributed by atoms with Gasteiger partial charge in [-0.05, 0) is 11.6 Å². The van der Waals surface area contributed by atoms with E-state index >= 15 is 0 Å². The van der Waals surface area contributed by atoms with Gasteiger partial charge in [-0.3, -0.25) is 9.78 Å². The minimum absolute atomic E-state index is 0.0135. The fraction of sp³-hybridized carbons (Fsp3) is 0.143. The quantitative estimate of drug-likeness (QED) is 0.629.